The lowest BCUT2D eigenvalue weighted by Crippen LogP contribution is -2.53. The second kappa shape index (κ2) is 7.12. The third-order valence-electron chi connectivity index (χ3n) is 6.03. The fourth-order valence-corrected chi connectivity index (χ4v) is 5.76. The van der Waals surface area contributed by atoms with Crippen molar-refractivity contribution in [1.29, 1.82) is 5.41 Å². The van der Waals surface area contributed by atoms with Crippen LogP contribution in [-0.4, -0.2) is 67.4 Å². The molecular weight excluding hydrogens is 423 g/mol. The molecule has 3 aliphatic rings. The molecule has 0 bridgehead atoms. The Labute approximate surface area is 172 Å². The molecule has 12 heteroatoms. The largest absolute Gasteiger partial charge is 0.471 e. The summed E-state index contributed by atoms with van der Waals surface area (Å²) in [4.78, 5) is 12.3. The Bertz CT molecular complexity index is 987. The van der Waals surface area contributed by atoms with Gasteiger partial charge in [0.05, 0.1) is 10.4 Å². The average Bonchev–Trinajstić information content (AvgIpc) is 3.06. The molecule has 30 heavy (non-hydrogen) atoms. The molecule has 8 nitrogen and oxygen atoms in total. The van der Waals surface area contributed by atoms with E-state index in [-0.39, 0.29) is 49.0 Å². The van der Waals surface area contributed by atoms with E-state index < -0.39 is 22.1 Å². The highest BCUT2D eigenvalue weighted by atomic mass is 32.2. The van der Waals surface area contributed by atoms with Crippen LogP contribution in [0.2, 0.25) is 0 Å². The van der Waals surface area contributed by atoms with Gasteiger partial charge in [-0.1, -0.05) is 6.07 Å². The number of fused-ring (bicyclic) bond motifs is 1. The van der Waals surface area contributed by atoms with E-state index >= 15 is 0 Å². The molecule has 0 aromatic heterocycles. The molecule has 1 spiro atoms. The second-order valence-corrected chi connectivity index (χ2v) is 9.88. The third-order valence-corrected chi connectivity index (χ3v) is 7.93. The molecule has 0 aliphatic carbocycles. The van der Waals surface area contributed by atoms with E-state index in [2.05, 4.69) is 10.6 Å². The predicted molar refractivity (Wildman–Crippen MR) is 101 cm³/mol. The predicted octanol–water partition coefficient (Wildman–Crippen LogP) is 0.784. The Morgan fingerprint density at radius 2 is 1.83 bits per heavy atom. The summed E-state index contributed by atoms with van der Waals surface area (Å²) < 4.78 is 65.8. The first-order chi connectivity index (χ1) is 14.0. The molecule has 0 saturated carbocycles. The van der Waals surface area contributed by atoms with Gasteiger partial charge in [0.15, 0.2) is 5.96 Å². The Hall–Kier alpha value is -2.34. The van der Waals surface area contributed by atoms with Crippen LogP contribution in [0.15, 0.2) is 23.1 Å². The molecule has 1 aromatic carbocycles. The van der Waals surface area contributed by atoms with Gasteiger partial charge in [0.1, 0.15) is 0 Å². The smallest absolute Gasteiger partial charge is 0.354 e. The lowest BCUT2D eigenvalue weighted by Gasteiger charge is -2.38. The maximum Gasteiger partial charge on any atom is 0.471 e. The average molecular weight is 445 g/mol. The Morgan fingerprint density at radius 3 is 2.43 bits per heavy atom. The van der Waals surface area contributed by atoms with Gasteiger partial charge in [0.2, 0.25) is 10.0 Å². The number of amides is 1. The second-order valence-electron chi connectivity index (χ2n) is 7.94. The Balaban J connectivity index is 1.51. The van der Waals surface area contributed by atoms with Crippen molar-refractivity contribution in [3.8, 4) is 0 Å². The van der Waals surface area contributed by atoms with Gasteiger partial charge in [0, 0.05) is 32.7 Å². The van der Waals surface area contributed by atoms with E-state index in [0.717, 1.165) is 5.56 Å². The van der Waals surface area contributed by atoms with Gasteiger partial charge in [0.25, 0.3) is 0 Å². The summed E-state index contributed by atoms with van der Waals surface area (Å²) in [6.45, 7) is 0.807. The van der Waals surface area contributed by atoms with Gasteiger partial charge in [-0.15, -0.1) is 0 Å². The van der Waals surface area contributed by atoms with Crippen molar-refractivity contribution in [3.63, 3.8) is 0 Å². The molecule has 4 rings (SSSR count). The molecule has 2 saturated heterocycles. The van der Waals surface area contributed by atoms with Crippen molar-refractivity contribution in [2.45, 2.75) is 42.4 Å². The fraction of sp³-hybridized carbons (Fsp3) is 0.556. The van der Waals surface area contributed by atoms with Crippen LogP contribution in [0, 0.1) is 5.41 Å². The number of carbonyl (C=O) groups is 1. The summed E-state index contributed by atoms with van der Waals surface area (Å²) in [5.41, 5.74) is 0.846. The Morgan fingerprint density at radius 1 is 1.13 bits per heavy atom. The lowest BCUT2D eigenvalue weighted by molar-refractivity contribution is -0.186. The number of carbonyl (C=O) groups excluding carboxylic acids is 1. The van der Waals surface area contributed by atoms with Crippen LogP contribution in [0.4, 0.5) is 13.2 Å². The summed E-state index contributed by atoms with van der Waals surface area (Å²) in [5, 5.41) is 13.6. The maximum atomic E-state index is 13.1. The normalized spacial score (nSPS) is 21.8. The van der Waals surface area contributed by atoms with E-state index in [9.17, 15) is 26.4 Å². The standard InChI is InChI=1S/C18H22F3N5O3S/c19-18(20,21)15(27)25-6-3-12-1-2-14(9-13(12)10-25)30(28,29)26-7-4-17(5-8-26)11-23-16(22)24-17/h1-2,9H,3-8,10-11H2,(H3,22,23,24). The summed E-state index contributed by atoms with van der Waals surface area (Å²) in [5.74, 6) is -1.68. The van der Waals surface area contributed by atoms with Gasteiger partial charge >= 0.3 is 12.1 Å². The summed E-state index contributed by atoms with van der Waals surface area (Å²) in [6, 6.07) is 4.48. The summed E-state index contributed by atoms with van der Waals surface area (Å²) in [7, 11) is -3.82. The monoisotopic (exact) mass is 445 g/mol. The number of nitrogens with zero attached hydrogens (tertiary/aromatic N) is 2. The molecular formula is C18H22F3N5O3S. The number of hydrogen-bond donors (Lipinski definition) is 3. The number of alkyl halides is 3. The molecule has 164 valence electrons. The first-order valence-electron chi connectivity index (χ1n) is 9.59. The zero-order chi connectivity index (χ0) is 21.7. The molecule has 3 aliphatic heterocycles. The van der Waals surface area contributed by atoms with Crippen molar-refractivity contribution >= 4 is 21.9 Å². The summed E-state index contributed by atoms with van der Waals surface area (Å²) >= 11 is 0. The SMILES string of the molecule is N=C1NCC2(CCN(S(=O)(=O)c3ccc4c(c3)CN(C(=O)C(F)(F)F)CC4)CC2)N1. The van der Waals surface area contributed by atoms with E-state index in [1.807, 2.05) is 0 Å². The van der Waals surface area contributed by atoms with Gasteiger partial charge in [-0.05, 0) is 42.5 Å². The number of sulfonamides is 1. The number of guanidine groups is 1. The minimum absolute atomic E-state index is 0.0174. The number of rotatable bonds is 2. The third kappa shape index (κ3) is 3.73. The molecule has 1 amide bonds. The highest BCUT2D eigenvalue weighted by molar-refractivity contribution is 7.89. The van der Waals surface area contributed by atoms with Gasteiger partial charge in [-0.3, -0.25) is 10.2 Å². The molecule has 3 N–H and O–H groups in total. The first-order valence-corrected chi connectivity index (χ1v) is 11.0. The quantitative estimate of drug-likeness (QED) is 0.624. The van der Waals surface area contributed by atoms with Gasteiger partial charge in [-0.25, -0.2) is 8.42 Å². The van der Waals surface area contributed by atoms with Crippen LogP contribution >= 0.6 is 0 Å². The van der Waals surface area contributed by atoms with E-state index in [1.54, 1.807) is 6.07 Å². The van der Waals surface area contributed by atoms with Crippen molar-refractivity contribution in [2.75, 3.05) is 26.2 Å². The number of halogens is 3. The highest BCUT2D eigenvalue weighted by Gasteiger charge is 2.44. The van der Waals surface area contributed by atoms with Crippen molar-refractivity contribution in [1.82, 2.24) is 19.8 Å². The van der Waals surface area contributed by atoms with Crippen LogP contribution in [0.1, 0.15) is 24.0 Å². The topological polar surface area (TPSA) is 106 Å². The molecule has 2 fully saturated rings. The van der Waals surface area contributed by atoms with Crippen LogP contribution in [0.3, 0.4) is 0 Å². The number of benzene rings is 1. The Kier molecular flexibility index (Phi) is 4.96. The maximum absolute atomic E-state index is 13.1. The molecule has 0 radical (unpaired) electrons. The molecule has 3 heterocycles. The highest BCUT2D eigenvalue weighted by Crippen LogP contribution is 2.30. The molecule has 0 unspecified atom stereocenters. The van der Waals surface area contributed by atoms with E-state index in [4.69, 9.17) is 5.41 Å². The lowest BCUT2D eigenvalue weighted by atomic mass is 9.90. The first kappa shape index (κ1) is 20.9. The van der Waals surface area contributed by atoms with Crippen LogP contribution in [-0.2, 0) is 27.8 Å². The van der Waals surface area contributed by atoms with Crippen LogP contribution in [0.5, 0.6) is 0 Å². The van der Waals surface area contributed by atoms with Crippen molar-refractivity contribution in [2.24, 2.45) is 0 Å². The van der Waals surface area contributed by atoms with E-state index in [0.29, 0.717) is 29.8 Å². The zero-order valence-corrected chi connectivity index (χ0v) is 16.9. The van der Waals surface area contributed by atoms with Crippen molar-refractivity contribution in [3.05, 3.63) is 29.3 Å². The summed E-state index contributed by atoms with van der Waals surface area (Å²) in [6.07, 6.45) is -3.63. The number of piperidine rings is 1. The van der Waals surface area contributed by atoms with E-state index in [1.165, 1.54) is 16.4 Å². The minimum atomic E-state index is -4.95. The zero-order valence-electron chi connectivity index (χ0n) is 16.1. The fourth-order valence-electron chi connectivity index (χ4n) is 4.26. The number of hydrogen-bond acceptors (Lipinski definition) is 4. The van der Waals surface area contributed by atoms with Gasteiger partial charge in [-0.2, -0.15) is 17.5 Å². The van der Waals surface area contributed by atoms with Crippen LogP contribution < -0.4 is 10.6 Å². The minimum Gasteiger partial charge on any atom is -0.354 e. The number of nitrogens with one attached hydrogen (secondary N) is 3. The molecule has 1 aromatic rings. The molecule has 0 atom stereocenters. The van der Waals surface area contributed by atoms with Crippen molar-refractivity contribution < 1.29 is 26.4 Å². The van der Waals surface area contributed by atoms with Gasteiger partial charge < -0.3 is 15.5 Å². The van der Waals surface area contributed by atoms with Crippen LogP contribution in [0.25, 0.3) is 0 Å².